The van der Waals surface area contributed by atoms with E-state index in [9.17, 15) is 18.3 Å². The van der Waals surface area contributed by atoms with Gasteiger partial charge in [0.1, 0.15) is 11.5 Å². The van der Waals surface area contributed by atoms with Crippen molar-refractivity contribution < 1.29 is 23.0 Å². The average Bonchev–Trinajstić information content (AvgIpc) is 3.13. The molecule has 1 aromatic rings. The number of alkyl halides is 3. The Balaban J connectivity index is 1.61. The van der Waals surface area contributed by atoms with Gasteiger partial charge in [0, 0.05) is 31.5 Å². The molecule has 1 aromatic heterocycles. The summed E-state index contributed by atoms with van der Waals surface area (Å²) in [5.41, 5.74) is -1.18. The van der Waals surface area contributed by atoms with E-state index < -0.39 is 11.9 Å². The summed E-state index contributed by atoms with van der Waals surface area (Å²) in [5, 5.41) is 9.58. The fourth-order valence-electron chi connectivity index (χ4n) is 4.37. The van der Waals surface area contributed by atoms with Crippen molar-refractivity contribution in [2.24, 2.45) is 11.8 Å². The molecule has 0 amide bonds. The Morgan fingerprint density at radius 3 is 2.95 bits per heavy atom. The molecule has 0 aliphatic carbocycles. The summed E-state index contributed by atoms with van der Waals surface area (Å²) in [7, 11) is 0. The van der Waals surface area contributed by atoms with Gasteiger partial charge in [-0.05, 0) is 25.0 Å². The van der Waals surface area contributed by atoms with E-state index in [1.165, 1.54) is 6.07 Å². The van der Waals surface area contributed by atoms with Gasteiger partial charge in [-0.2, -0.15) is 13.2 Å². The Morgan fingerprint density at radius 1 is 1.41 bits per heavy atom. The van der Waals surface area contributed by atoms with Gasteiger partial charge in [-0.3, -0.25) is 0 Å². The number of hydrogen-bond acceptors (Lipinski definition) is 4. The molecule has 120 valence electrons. The number of aromatic nitrogens is 1. The number of anilines is 1. The second-order valence-electron chi connectivity index (χ2n) is 6.47. The third kappa shape index (κ3) is 1.95. The van der Waals surface area contributed by atoms with Crippen LogP contribution in [-0.2, 0) is 10.9 Å². The van der Waals surface area contributed by atoms with Crippen molar-refractivity contribution in [3.8, 4) is 0 Å². The molecule has 22 heavy (non-hydrogen) atoms. The maximum atomic E-state index is 12.8. The van der Waals surface area contributed by atoms with Gasteiger partial charge < -0.3 is 14.7 Å². The van der Waals surface area contributed by atoms with Gasteiger partial charge >= 0.3 is 6.18 Å². The number of rotatable bonds is 2. The molecule has 4 rings (SSSR count). The topological polar surface area (TPSA) is 45.6 Å². The van der Waals surface area contributed by atoms with Crippen LogP contribution >= 0.6 is 0 Å². The molecule has 3 aliphatic heterocycles. The minimum atomic E-state index is -4.44. The molecule has 2 bridgehead atoms. The Hall–Kier alpha value is -1.34. The van der Waals surface area contributed by atoms with E-state index >= 15 is 0 Å². The molecule has 1 N–H and O–H groups in total. The highest BCUT2D eigenvalue weighted by Crippen LogP contribution is 2.55. The molecule has 1 spiro atoms. The first-order chi connectivity index (χ1) is 10.4. The zero-order valence-electron chi connectivity index (χ0n) is 11.9. The van der Waals surface area contributed by atoms with Crippen LogP contribution in [0.2, 0.25) is 0 Å². The molecule has 4 nitrogen and oxygen atoms in total. The molecule has 3 aliphatic rings. The summed E-state index contributed by atoms with van der Waals surface area (Å²) >= 11 is 0. The zero-order chi connectivity index (χ0) is 15.5. The maximum Gasteiger partial charge on any atom is 0.433 e. The molecule has 3 fully saturated rings. The Bertz CT molecular complexity index is 594. The SMILES string of the molecule is OC[C@H]1[C@H]2CN(c3cccc(C(F)(F)F)n3)C[C@]23CC[C@H]1O3. The van der Waals surface area contributed by atoms with E-state index in [0.717, 1.165) is 18.9 Å². The molecule has 3 saturated heterocycles. The summed E-state index contributed by atoms with van der Waals surface area (Å²) in [5.74, 6) is 0.597. The van der Waals surface area contributed by atoms with Crippen LogP contribution in [0.3, 0.4) is 0 Å². The lowest BCUT2D eigenvalue weighted by Gasteiger charge is -2.27. The normalized spacial score (nSPS) is 36.9. The highest BCUT2D eigenvalue weighted by atomic mass is 19.4. The fourth-order valence-corrected chi connectivity index (χ4v) is 4.37. The quantitative estimate of drug-likeness (QED) is 0.908. The van der Waals surface area contributed by atoms with Crippen molar-refractivity contribution in [3.63, 3.8) is 0 Å². The van der Waals surface area contributed by atoms with E-state index in [2.05, 4.69) is 4.98 Å². The summed E-state index contributed by atoms with van der Waals surface area (Å²) < 4.78 is 44.5. The second kappa shape index (κ2) is 4.58. The Kier molecular flexibility index (Phi) is 2.97. The number of hydrogen-bond donors (Lipinski definition) is 1. The summed E-state index contributed by atoms with van der Waals surface area (Å²) in [6, 6.07) is 3.98. The summed E-state index contributed by atoms with van der Waals surface area (Å²) in [4.78, 5) is 5.63. The van der Waals surface area contributed by atoms with Crippen molar-refractivity contribution in [2.45, 2.75) is 30.7 Å². The van der Waals surface area contributed by atoms with E-state index in [1.54, 1.807) is 6.07 Å². The lowest BCUT2D eigenvalue weighted by atomic mass is 9.74. The largest absolute Gasteiger partial charge is 0.433 e. The highest BCUT2D eigenvalue weighted by Gasteiger charge is 2.63. The van der Waals surface area contributed by atoms with E-state index in [4.69, 9.17) is 4.74 Å². The lowest BCUT2D eigenvalue weighted by Crippen LogP contribution is -2.37. The van der Waals surface area contributed by atoms with Gasteiger partial charge in [0.05, 0.1) is 11.7 Å². The van der Waals surface area contributed by atoms with Crippen molar-refractivity contribution in [3.05, 3.63) is 23.9 Å². The third-order valence-corrected chi connectivity index (χ3v) is 5.34. The van der Waals surface area contributed by atoms with Gasteiger partial charge in [-0.25, -0.2) is 4.98 Å². The lowest BCUT2D eigenvalue weighted by molar-refractivity contribution is -0.141. The molecule has 0 radical (unpaired) electrons. The second-order valence-corrected chi connectivity index (χ2v) is 6.47. The molecule has 0 aromatic carbocycles. The summed E-state index contributed by atoms with van der Waals surface area (Å²) in [6.45, 7) is 1.22. The summed E-state index contributed by atoms with van der Waals surface area (Å²) in [6.07, 6.45) is -2.50. The first-order valence-electron chi connectivity index (χ1n) is 7.51. The molecule has 0 saturated carbocycles. The molecule has 0 unspecified atom stereocenters. The molecule has 4 atom stereocenters. The minimum Gasteiger partial charge on any atom is -0.396 e. The van der Waals surface area contributed by atoms with Gasteiger partial charge in [-0.1, -0.05) is 6.07 Å². The number of nitrogens with zero attached hydrogens (tertiary/aromatic N) is 2. The smallest absolute Gasteiger partial charge is 0.396 e. The van der Waals surface area contributed by atoms with Crippen molar-refractivity contribution >= 4 is 5.82 Å². The number of ether oxygens (including phenoxy) is 1. The Morgan fingerprint density at radius 2 is 2.23 bits per heavy atom. The average molecular weight is 314 g/mol. The number of pyridine rings is 1. The van der Waals surface area contributed by atoms with Gasteiger partial charge in [0.2, 0.25) is 0 Å². The fraction of sp³-hybridized carbons (Fsp3) is 0.667. The van der Waals surface area contributed by atoms with Crippen molar-refractivity contribution in [1.82, 2.24) is 4.98 Å². The van der Waals surface area contributed by atoms with Crippen LogP contribution in [0.4, 0.5) is 19.0 Å². The van der Waals surface area contributed by atoms with Crippen LogP contribution in [0.5, 0.6) is 0 Å². The predicted molar refractivity (Wildman–Crippen MR) is 72.4 cm³/mol. The molecular formula is C15H17F3N2O2. The predicted octanol–water partition coefficient (Wildman–Crippen LogP) is 2.08. The maximum absolute atomic E-state index is 12.8. The molecule has 7 heteroatoms. The van der Waals surface area contributed by atoms with Gasteiger partial charge in [0.25, 0.3) is 0 Å². The van der Waals surface area contributed by atoms with Crippen molar-refractivity contribution in [1.29, 1.82) is 0 Å². The van der Waals surface area contributed by atoms with Crippen molar-refractivity contribution in [2.75, 3.05) is 24.6 Å². The van der Waals surface area contributed by atoms with Crippen LogP contribution in [0.15, 0.2) is 18.2 Å². The van der Waals surface area contributed by atoms with Crippen LogP contribution in [0, 0.1) is 11.8 Å². The molecular weight excluding hydrogens is 297 g/mol. The Labute approximate surface area is 125 Å². The highest BCUT2D eigenvalue weighted by molar-refractivity contribution is 5.43. The van der Waals surface area contributed by atoms with Gasteiger partial charge in [-0.15, -0.1) is 0 Å². The first kappa shape index (κ1) is 14.3. The number of halogens is 3. The minimum absolute atomic E-state index is 0.0704. The first-order valence-corrected chi connectivity index (χ1v) is 7.51. The zero-order valence-corrected chi connectivity index (χ0v) is 11.9. The number of aliphatic hydroxyl groups is 1. The van der Waals surface area contributed by atoms with E-state index in [0.29, 0.717) is 18.9 Å². The van der Waals surface area contributed by atoms with Crippen LogP contribution in [0.25, 0.3) is 0 Å². The van der Waals surface area contributed by atoms with Crippen LogP contribution in [-0.4, -0.2) is 41.5 Å². The standard InChI is InChI=1S/C15H17F3N2O2/c16-15(17,18)12-2-1-3-13(19-12)20-6-10-9(7-21)11-4-5-14(10,8-20)22-11/h1-3,9-11,21H,4-8H2/t9-,10+,11+,14+/m0/s1. The number of fused-ring (bicyclic) bond motifs is 1. The van der Waals surface area contributed by atoms with Gasteiger partial charge in [0.15, 0.2) is 0 Å². The third-order valence-electron chi connectivity index (χ3n) is 5.34. The number of aliphatic hydroxyl groups excluding tert-OH is 1. The van der Waals surface area contributed by atoms with E-state index in [-0.39, 0.29) is 30.1 Å². The van der Waals surface area contributed by atoms with Crippen LogP contribution < -0.4 is 4.90 Å². The van der Waals surface area contributed by atoms with E-state index in [1.807, 2.05) is 4.90 Å². The monoisotopic (exact) mass is 314 g/mol. The molecule has 4 heterocycles. The van der Waals surface area contributed by atoms with Crippen LogP contribution in [0.1, 0.15) is 18.5 Å².